The van der Waals surface area contributed by atoms with Crippen molar-refractivity contribution in [1.29, 1.82) is 0 Å². The normalized spacial score (nSPS) is 13.2. The zero-order valence-corrected chi connectivity index (χ0v) is 20.5. The summed E-state index contributed by atoms with van der Waals surface area (Å²) in [5.74, 6) is -0.153. The average Bonchev–Trinajstić information content (AvgIpc) is 2.84. The number of unbranched alkanes of at least 4 members (excludes halogenated alkanes) is 1. The highest BCUT2D eigenvalue weighted by molar-refractivity contribution is 5.74. The SMILES string of the molecule is CCN(CC)Cc1ccc(-c2ccc([C@H](O)CCCCC(=O)NO[C@H](C)COC)cc2)cc1. The molecule has 33 heavy (non-hydrogen) atoms. The standard InChI is InChI=1S/C27H40N2O4/c1-5-29(6-2)19-22-11-13-23(14-12-22)24-15-17-25(18-16-24)26(30)9-7-8-10-27(31)28-33-21(3)20-32-4/h11-18,21,26,30H,5-10,19-20H2,1-4H3,(H,28,31)/t21-,26-/m1/s1. The second kappa shape index (κ2) is 14.8. The molecule has 0 aliphatic rings. The number of carbonyl (C=O) groups excluding carboxylic acids is 1. The Hall–Kier alpha value is -2.25. The van der Waals surface area contributed by atoms with Gasteiger partial charge in [0.2, 0.25) is 5.91 Å². The van der Waals surface area contributed by atoms with E-state index >= 15 is 0 Å². The lowest BCUT2D eigenvalue weighted by molar-refractivity contribution is -0.140. The van der Waals surface area contributed by atoms with Crippen LogP contribution in [0, 0.1) is 0 Å². The number of nitrogens with one attached hydrogen (secondary N) is 1. The maximum Gasteiger partial charge on any atom is 0.243 e. The summed E-state index contributed by atoms with van der Waals surface area (Å²) in [5.41, 5.74) is 6.98. The molecule has 0 bridgehead atoms. The van der Waals surface area contributed by atoms with Crippen molar-refractivity contribution in [2.45, 2.75) is 65.2 Å². The van der Waals surface area contributed by atoms with Crippen molar-refractivity contribution < 1.29 is 19.5 Å². The van der Waals surface area contributed by atoms with Crippen LogP contribution >= 0.6 is 0 Å². The van der Waals surface area contributed by atoms with Crippen LogP contribution in [0.4, 0.5) is 0 Å². The molecular weight excluding hydrogens is 416 g/mol. The Morgan fingerprint density at radius 2 is 1.61 bits per heavy atom. The van der Waals surface area contributed by atoms with Crippen molar-refractivity contribution in [1.82, 2.24) is 10.4 Å². The number of amides is 1. The number of aliphatic hydroxyl groups excluding tert-OH is 1. The zero-order chi connectivity index (χ0) is 24.1. The number of hydrogen-bond donors (Lipinski definition) is 2. The van der Waals surface area contributed by atoms with Gasteiger partial charge in [-0.25, -0.2) is 5.48 Å². The first-order valence-corrected chi connectivity index (χ1v) is 12.0. The van der Waals surface area contributed by atoms with E-state index in [1.165, 1.54) is 11.1 Å². The van der Waals surface area contributed by atoms with Crippen LogP contribution in [-0.4, -0.2) is 48.8 Å². The minimum absolute atomic E-state index is 0.153. The van der Waals surface area contributed by atoms with Crippen molar-refractivity contribution in [3.63, 3.8) is 0 Å². The van der Waals surface area contributed by atoms with Crippen LogP contribution in [-0.2, 0) is 20.9 Å². The molecule has 182 valence electrons. The van der Waals surface area contributed by atoms with E-state index in [0.29, 0.717) is 25.9 Å². The highest BCUT2D eigenvalue weighted by Gasteiger charge is 2.10. The molecule has 2 aromatic rings. The van der Waals surface area contributed by atoms with Gasteiger partial charge in [0.25, 0.3) is 0 Å². The number of aliphatic hydroxyl groups is 1. The third-order valence-corrected chi connectivity index (χ3v) is 5.79. The first-order chi connectivity index (χ1) is 16.0. The summed E-state index contributed by atoms with van der Waals surface area (Å²) >= 11 is 0. The second-order valence-electron chi connectivity index (χ2n) is 8.45. The molecule has 0 saturated carbocycles. The molecular formula is C27H40N2O4. The lowest BCUT2D eigenvalue weighted by Crippen LogP contribution is -2.30. The van der Waals surface area contributed by atoms with Crippen molar-refractivity contribution in [3.05, 3.63) is 59.7 Å². The second-order valence-corrected chi connectivity index (χ2v) is 8.45. The van der Waals surface area contributed by atoms with Gasteiger partial charge in [0.05, 0.1) is 12.7 Å². The molecule has 0 unspecified atom stereocenters. The van der Waals surface area contributed by atoms with Crippen molar-refractivity contribution in [3.8, 4) is 11.1 Å². The molecule has 2 atom stereocenters. The largest absolute Gasteiger partial charge is 0.388 e. The molecule has 0 aromatic heterocycles. The van der Waals surface area contributed by atoms with Crippen LogP contribution < -0.4 is 5.48 Å². The molecule has 0 fully saturated rings. The van der Waals surface area contributed by atoms with E-state index in [2.05, 4.69) is 60.6 Å². The third kappa shape index (κ3) is 9.64. The van der Waals surface area contributed by atoms with E-state index in [9.17, 15) is 9.90 Å². The molecule has 0 heterocycles. The quantitative estimate of drug-likeness (QED) is 0.295. The van der Waals surface area contributed by atoms with Gasteiger partial charge in [-0.15, -0.1) is 0 Å². The molecule has 2 N–H and O–H groups in total. The van der Waals surface area contributed by atoms with Gasteiger partial charge < -0.3 is 9.84 Å². The summed E-state index contributed by atoms with van der Waals surface area (Å²) in [6, 6.07) is 16.8. The maximum absolute atomic E-state index is 11.8. The summed E-state index contributed by atoms with van der Waals surface area (Å²) in [6.07, 6.45) is 1.73. The number of ether oxygens (including phenoxy) is 1. The predicted octanol–water partition coefficient (Wildman–Crippen LogP) is 4.87. The number of hydroxylamine groups is 1. The lowest BCUT2D eigenvalue weighted by atomic mass is 9.98. The first kappa shape index (κ1) is 27.0. The molecule has 0 aliphatic heterocycles. The fourth-order valence-electron chi connectivity index (χ4n) is 3.68. The van der Waals surface area contributed by atoms with Gasteiger partial charge in [0, 0.05) is 20.1 Å². The molecule has 2 rings (SSSR count). The Kier molecular flexibility index (Phi) is 12.1. The fourth-order valence-corrected chi connectivity index (χ4v) is 3.68. The Morgan fingerprint density at radius 1 is 1.00 bits per heavy atom. The van der Waals surface area contributed by atoms with Gasteiger partial charge in [-0.1, -0.05) is 68.8 Å². The van der Waals surface area contributed by atoms with E-state index in [4.69, 9.17) is 9.57 Å². The minimum atomic E-state index is -0.531. The van der Waals surface area contributed by atoms with Gasteiger partial charge >= 0.3 is 0 Å². The monoisotopic (exact) mass is 456 g/mol. The van der Waals surface area contributed by atoms with Crippen molar-refractivity contribution in [2.24, 2.45) is 0 Å². The third-order valence-electron chi connectivity index (χ3n) is 5.79. The summed E-state index contributed by atoms with van der Waals surface area (Å²) in [6.45, 7) is 9.70. The average molecular weight is 457 g/mol. The number of rotatable bonds is 15. The molecule has 6 heteroatoms. The van der Waals surface area contributed by atoms with E-state index in [1.54, 1.807) is 7.11 Å². The lowest BCUT2D eigenvalue weighted by Gasteiger charge is -2.18. The molecule has 0 saturated heterocycles. The fraction of sp³-hybridized carbons (Fsp3) is 0.519. The van der Waals surface area contributed by atoms with Gasteiger partial charge in [0.1, 0.15) is 6.10 Å². The maximum atomic E-state index is 11.8. The highest BCUT2D eigenvalue weighted by atomic mass is 16.7. The van der Waals surface area contributed by atoms with E-state index in [0.717, 1.165) is 37.2 Å². The number of hydrogen-bond acceptors (Lipinski definition) is 5. The van der Waals surface area contributed by atoms with Gasteiger partial charge in [0.15, 0.2) is 0 Å². The van der Waals surface area contributed by atoms with Gasteiger partial charge in [-0.3, -0.25) is 14.5 Å². The highest BCUT2D eigenvalue weighted by Crippen LogP contribution is 2.25. The number of carbonyl (C=O) groups is 1. The van der Waals surface area contributed by atoms with Crippen LogP contribution in [0.3, 0.4) is 0 Å². The van der Waals surface area contributed by atoms with E-state index in [-0.39, 0.29) is 12.0 Å². The molecule has 1 amide bonds. The van der Waals surface area contributed by atoms with Crippen molar-refractivity contribution in [2.75, 3.05) is 26.8 Å². The van der Waals surface area contributed by atoms with Crippen LogP contribution in [0.5, 0.6) is 0 Å². The Bertz CT molecular complexity index is 804. The van der Waals surface area contributed by atoms with E-state index in [1.807, 2.05) is 19.1 Å². The number of methoxy groups -OCH3 is 1. The summed E-state index contributed by atoms with van der Waals surface area (Å²) in [7, 11) is 1.59. The van der Waals surface area contributed by atoms with Crippen molar-refractivity contribution >= 4 is 5.91 Å². The smallest absolute Gasteiger partial charge is 0.243 e. The minimum Gasteiger partial charge on any atom is -0.388 e. The Balaban J connectivity index is 1.76. The van der Waals surface area contributed by atoms with Gasteiger partial charge in [-0.2, -0.15) is 0 Å². The molecule has 6 nitrogen and oxygen atoms in total. The van der Waals surface area contributed by atoms with Crippen LogP contribution in [0.15, 0.2) is 48.5 Å². The Labute approximate surface area is 198 Å². The van der Waals surface area contributed by atoms with Gasteiger partial charge in [-0.05, 0) is 55.1 Å². The molecule has 2 aromatic carbocycles. The predicted molar refractivity (Wildman–Crippen MR) is 132 cm³/mol. The van der Waals surface area contributed by atoms with Crippen LogP contribution in [0.2, 0.25) is 0 Å². The summed E-state index contributed by atoms with van der Waals surface area (Å²) in [5, 5.41) is 10.5. The first-order valence-electron chi connectivity index (χ1n) is 12.0. The zero-order valence-electron chi connectivity index (χ0n) is 20.5. The number of benzene rings is 2. The molecule has 0 aliphatic carbocycles. The van der Waals surface area contributed by atoms with E-state index < -0.39 is 6.10 Å². The van der Waals surface area contributed by atoms with Crippen LogP contribution in [0.25, 0.3) is 11.1 Å². The number of nitrogens with zero attached hydrogens (tertiary/aromatic N) is 1. The summed E-state index contributed by atoms with van der Waals surface area (Å²) in [4.78, 5) is 19.4. The van der Waals surface area contributed by atoms with Crippen LogP contribution in [0.1, 0.15) is 63.7 Å². The molecule has 0 radical (unpaired) electrons. The Morgan fingerprint density at radius 3 is 2.18 bits per heavy atom. The topological polar surface area (TPSA) is 71.0 Å². The summed E-state index contributed by atoms with van der Waals surface area (Å²) < 4.78 is 4.95. The molecule has 0 spiro atoms.